The van der Waals surface area contributed by atoms with E-state index in [1.807, 2.05) is 0 Å². The monoisotopic (exact) mass is 300 g/mol. The van der Waals surface area contributed by atoms with Crippen molar-refractivity contribution in [2.75, 3.05) is 0 Å². The largest absolute Gasteiger partial charge is 0.159 e. The molecule has 0 spiro atoms. The summed E-state index contributed by atoms with van der Waals surface area (Å²) in [5, 5.41) is -0.978. The maximum Gasteiger partial charge on any atom is 0.159 e. The summed E-state index contributed by atoms with van der Waals surface area (Å²) in [4.78, 5) is -1.79. The van der Waals surface area contributed by atoms with Crippen molar-refractivity contribution in [3.8, 4) is 0 Å². The van der Waals surface area contributed by atoms with E-state index in [-0.39, 0.29) is 0 Å². The Morgan fingerprint density at radius 2 is 1.08 bits per heavy atom. The van der Waals surface area contributed by atoms with E-state index in [1.165, 1.54) is 0 Å². The standard InChI is InChI=1S/C7H6Cl6/c8-3-4(9)6(11)2-1-5(3,10)7(6,12)13/h3-4H,1-2H2/t3-,4-,5-,6+/m0/s1. The maximum absolute atomic E-state index is 6.26. The fourth-order valence-corrected chi connectivity index (χ4v) is 5.11. The van der Waals surface area contributed by atoms with Crippen molar-refractivity contribution in [3.05, 3.63) is 0 Å². The van der Waals surface area contributed by atoms with Gasteiger partial charge in [-0.1, -0.05) is 23.2 Å². The Morgan fingerprint density at radius 3 is 1.23 bits per heavy atom. The molecule has 2 bridgehead atoms. The van der Waals surface area contributed by atoms with Crippen LogP contribution in [0.3, 0.4) is 0 Å². The van der Waals surface area contributed by atoms with Gasteiger partial charge < -0.3 is 0 Å². The van der Waals surface area contributed by atoms with E-state index >= 15 is 0 Å². The number of hydrogen-bond donors (Lipinski definition) is 0. The second-order valence-corrected chi connectivity index (χ2v) is 7.22. The molecule has 0 aromatic heterocycles. The van der Waals surface area contributed by atoms with Crippen molar-refractivity contribution in [3.63, 3.8) is 0 Å². The highest BCUT2D eigenvalue weighted by molar-refractivity contribution is 6.62. The molecule has 4 atom stereocenters. The molecule has 0 heterocycles. The van der Waals surface area contributed by atoms with E-state index in [1.54, 1.807) is 0 Å². The molecule has 2 saturated carbocycles. The van der Waals surface area contributed by atoms with E-state index in [0.717, 1.165) is 0 Å². The molecule has 2 fully saturated rings. The minimum atomic E-state index is -1.25. The number of hydrogen-bond acceptors (Lipinski definition) is 0. The molecule has 0 saturated heterocycles. The van der Waals surface area contributed by atoms with Crippen LogP contribution in [-0.2, 0) is 0 Å². The Hall–Kier alpha value is 1.74. The molecule has 2 rings (SSSR count). The zero-order chi connectivity index (χ0) is 10.1. The van der Waals surface area contributed by atoms with E-state index in [9.17, 15) is 0 Å². The molecular weight excluding hydrogens is 297 g/mol. The molecule has 2 aliphatic carbocycles. The first-order valence-corrected chi connectivity index (χ1v) is 6.19. The Kier molecular flexibility index (Phi) is 2.50. The highest BCUT2D eigenvalue weighted by Gasteiger charge is 2.78. The third kappa shape index (κ3) is 1.04. The SMILES string of the molecule is Cl[C@H]1[C@H](Cl)[C@@]2(Cl)CC[C@]1(Cl)C2(Cl)Cl. The van der Waals surface area contributed by atoms with Crippen LogP contribution in [0.2, 0.25) is 0 Å². The highest BCUT2D eigenvalue weighted by Crippen LogP contribution is 2.71. The van der Waals surface area contributed by atoms with Crippen molar-refractivity contribution in [2.24, 2.45) is 0 Å². The van der Waals surface area contributed by atoms with Crippen molar-refractivity contribution >= 4 is 69.6 Å². The summed E-state index contributed by atoms with van der Waals surface area (Å²) in [5.41, 5.74) is 0. The Balaban J connectivity index is 2.54. The van der Waals surface area contributed by atoms with Crippen LogP contribution >= 0.6 is 69.6 Å². The summed E-state index contributed by atoms with van der Waals surface area (Å²) in [6.45, 7) is 0. The van der Waals surface area contributed by atoms with Gasteiger partial charge in [0.2, 0.25) is 0 Å². The van der Waals surface area contributed by atoms with Crippen LogP contribution in [0.4, 0.5) is 0 Å². The molecule has 0 N–H and O–H groups in total. The van der Waals surface area contributed by atoms with Crippen molar-refractivity contribution < 1.29 is 0 Å². The van der Waals surface area contributed by atoms with E-state index in [0.29, 0.717) is 12.8 Å². The maximum atomic E-state index is 6.26. The lowest BCUT2D eigenvalue weighted by atomic mass is 9.99. The molecule has 0 aromatic rings. The Labute approximate surface area is 107 Å². The zero-order valence-electron chi connectivity index (χ0n) is 6.34. The van der Waals surface area contributed by atoms with Gasteiger partial charge in [0.05, 0.1) is 20.5 Å². The fourth-order valence-electron chi connectivity index (χ4n) is 2.11. The normalized spacial score (nSPS) is 58.6. The molecule has 0 unspecified atom stereocenters. The third-order valence-electron chi connectivity index (χ3n) is 3.03. The van der Waals surface area contributed by atoms with Crippen LogP contribution < -0.4 is 0 Å². The molecule has 0 radical (unpaired) electrons. The topological polar surface area (TPSA) is 0 Å². The highest BCUT2D eigenvalue weighted by atomic mass is 35.5. The molecule has 13 heavy (non-hydrogen) atoms. The lowest BCUT2D eigenvalue weighted by Gasteiger charge is -2.30. The third-order valence-corrected chi connectivity index (χ3v) is 7.78. The minimum Gasteiger partial charge on any atom is -0.119 e. The smallest absolute Gasteiger partial charge is 0.119 e. The van der Waals surface area contributed by atoms with Gasteiger partial charge in [0, 0.05) is 0 Å². The fraction of sp³-hybridized carbons (Fsp3) is 1.00. The minimum absolute atomic E-state index is 0.489. The van der Waals surface area contributed by atoms with Crippen LogP contribution in [0.5, 0.6) is 0 Å². The van der Waals surface area contributed by atoms with Gasteiger partial charge in [-0.25, -0.2) is 0 Å². The first-order valence-electron chi connectivity index (χ1n) is 3.81. The van der Waals surface area contributed by atoms with Crippen molar-refractivity contribution in [1.82, 2.24) is 0 Å². The van der Waals surface area contributed by atoms with Crippen LogP contribution in [-0.4, -0.2) is 24.8 Å². The predicted octanol–water partition coefficient (Wildman–Crippen LogP) is 4.14. The molecule has 0 aliphatic heterocycles. The van der Waals surface area contributed by atoms with Crippen LogP contribution in [0, 0.1) is 0 Å². The number of fused-ring (bicyclic) bond motifs is 2. The number of alkyl halides is 6. The summed E-state index contributed by atoms with van der Waals surface area (Å²) >= 11 is 36.9. The van der Waals surface area contributed by atoms with Gasteiger partial charge >= 0.3 is 0 Å². The van der Waals surface area contributed by atoms with Gasteiger partial charge in [-0.05, 0) is 12.8 Å². The molecule has 6 heteroatoms. The molecule has 0 aromatic carbocycles. The van der Waals surface area contributed by atoms with E-state index in [2.05, 4.69) is 0 Å². The summed E-state index contributed by atoms with van der Waals surface area (Å²) < 4.78 is -1.25. The quantitative estimate of drug-likeness (QED) is 0.590. The van der Waals surface area contributed by atoms with Crippen LogP contribution in [0.25, 0.3) is 0 Å². The lowest BCUT2D eigenvalue weighted by molar-refractivity contribution is 0.531. The van der Waals surface area contributed by atoms with Crippen LogP contribution in [0.15, 0.2) is 0 Å². The average molecular weight is 303 g/mol. The summed E-state index contributed by atoms with van der Waals surface area (Å²) in [6, 6.07) is 0. The first-order chi connectivity index (χ1) is 5.77. The molecule has 0 amide bonds. The summed E-state index contributed by atoms with van der Waals surface area (Å²) in [5.74, 6) is 0. The Morgan fingerprint density at radius 1 is 0.769 bits per heavy atom. The predicted molar refractivity (Wildman–Crippen MR) is 60.1 cm³/mol. The second kappa shape index (κ2) is 2.90. The summed E-state index contributed by atoms with van der Waals surface area (Å²) in [6.07, 6.45) is 1.20. The molecule has 76 valence electrons. The summed E-state index contributed by atoms with van der Waals surface area (Å²) in [7, 11) is 0. The van der Waals surface area contributed by atoms with Crippen molar-refractivity contribution in [2.45, 2.75) is 37.7 Å². The number of rotatable bonds is 0. The second-order valence-electron chi connectivity index (χ2n) is 3.60. The van der Waals surface area contributed by atoms with Gasteiger partial charge in [0.15, 0.2) is 4.33 Å². The Bertz CT molecular complexity index is 224. The van der Waals surface area contributed by atoms with Crippen LogP contribution in [0.1, 0.15) is 12.8 Å². The number of halogens is 6. The van der Waals surface area contributed by atoms with Gasteiger partial charge in [-0.2, -0.15) is 0 Å². The van der Waals surface area contributed by atoms with Gasteiger partial charge in [0.25, 0.3) is 0 Å². The van der Waals surface area contributed by atoms with E-state index in [4.69, 9.17) is 69.6 Å². The van der Waals surface area contributed by atoms with Crippen molar-refractivity contribution in [1.29, 1.82) is 0 Å². The molecular formula is C7H6Cl6. The van der Waals surface area contributed by atoms with Gasteiger partial charge in [-0.15, -0.1) is 46.4 Å². The lowest BCUT2D eigenvalue weighted by Crippen LogP contribution is -2.42. The first kappa shape index (κ1) is 11.2. The van der Waals surface area contributed by atoms with Gasteiger partial charge in [0.1, 0.15) is 0 Å². The molecule has 0 nitrogen and oxygen atoms in total. The molecule has 2 aliphatic rings. The zero-order valence-corrected chi connectivity index (χ0v) is 10.9. The van der Waals surface area contributed by atoms with Gasteiger partial charge in [-0.3, -0.25) is 0 Å². The average Bonchev–Trinajstić information content (AvgIpc) is 2.28. The van der Waals surface area contributed by atoms with E-state index < -0.39 is 24.8 Å².